The van der Waals surface area contributed by atoms with Crippen molar-refractivity contribution in [1.29, 1.82) is 0 Å². The first-order valence-electron chi connectivity index (χ1n) is 5.28. The first kappa shape index (κ1) is 14.0. The molecule has 0 fully saturated rings. The Morgan fingerprint density at radius 3 is 2.53 bits per heavy atom. The molecule has 98 valence electrons. The van der Waals surface area contributed by atoms with Crippen molar-refractivity contribution >= 4 is 49.1 Å². The summed E-state index contributed by atoms with van der Waals surface area (Å²) in [6.45, 7) is 0. The quantitative estimate of drug-likeness (QED) is 0.759. The summed E-state index contributed by atoms with van der Waals surface area (Å²) in [5, 5.41) is 2.65. The zero-order valence-electron chi connectivity index (χ0n) is 9.58. The van der Waals surface area contributed by atoms with Gasteiger partial charge in [-0.3, -0.25) is 4.79 Å². The zero-order chi connectivity index (χ0) is 14.0. The first-order chi connectivity index (χ1) is 8.95. The molecular weight excluding hydrogens is 379 g/mol. The number of hydrogen-bond donors (Lipinski definition) is 2. The topological polar surface area (TPSA) is 55.1 Å². The largest absolute Gasteiger partial charge is 0.398 e. The van der Waals surface area contributed by atoms with Crippen LogP contribution in [0.15, 0.2) is 45.3 Å². The fourth-order valence-corrected chi connectivity index (χ4v) is 2.22. The van der Waals surface area contributed by atoms with Gasteiger partial charge >= 0.3 is 0 Å². The van der Waals surface area contributed by atoms with Crippen LogP contribution < -0.4 is 11.1 Å². The maximum absolute atomic E-state index is 13.2. The SMILES string of the molecule is Nc1cc(NC(=O)c2cc(F)cc(Br)c2)ccc1Br. The standard InChI is InChI=1S/C13H9Br2FN2O/c14-8-3-7(4-9(16)5-8)13(19)18-10-1-2-11(15)12(17)6-10/h1-6H,17H2,(H,18,19). The van der Waals surface area contributed by atoms with E-state index in [9.17, 15) is 9.18 Å². The number of amides is 1. The molecule has 0 heterocycles. The lowest BCUT2D eigenvalue weighted by Crippen LogP contribution is -2.12. The highest BCUT2D eigenvalue weighted by Gasteiger charge is 2.09. The van der Waals surface area contributed by atoms with E-state index in [1.807, 2.05) is 0 Å². The Hall–Kier alpha value is -1.40. The number of nitrogens with two attached hydrogens (primary N) is 1. The molecule has 2 rings (SSSR count). The van der Waals surface area contributed by atoms with Gasteiger partial charge in [-0.15, -0.1) is 0 Å². The molecule has 3 N–H and O–H groups in total. The number of nitrogen functional groups attached to an aromatic ring is 1. The van der Waals surface area contributed by atoms with Crippen molar-refractivity contribution in [3.05, 3.63) is 56.7 Å². The van der Waals surface area contributed by atoms with Crippen LogP contribution in [0.1, 0.15) is 10.4 Å². The van der Waals surface area contributed by atoms with Gasteiger partial charge in [-0.25, -0.2) is 4.39 Å². The van der Waals surface area contributed by atoms with Gasteiger partial charge in [0.05, 0.1) is 0 Å². The van der Waals surface area contributed by atoms with E-state index >= 15 is 0 Å². The zero-order valence-corrected chi connectivity index (χ0v) is 12.8. The van der Waals surface area contributed by atoms with Crippen molar-refractivity contribution < 1.29 is 9.18 Å². The number of hydrogen-bond acceptors (Lipinski definition) is 2. The Bertz CT molecular complexity index is 626. The fourth-order valence-electron chi connectivity index (χ4n) is 1.51. The molecule has 2 aromatic rings. The monoisotopic (exact) mass is 386 g/mol. The lowest BCUT2D eigenvalue weighted by molar-refractivity contribution is 0.102. The Morgan fingerprint density at radius 1 is 1.16 bits per heavy atom. The van der Waals surface area contributed by atoms with Gasteiger partial charge < -0.3 is 11.1 Å². The van der Waals surface area contributed by atoms with Crippen molar-refractivity contribution in [3.63, 3.8) is 0 Å². The molecule has 0 atom stereocenters. The third-order valence-corrected chi connectivity index (χ3v) is 3.56. The van der Waals surface area contributed by atoms with E-state index in [1.165, 1.54) is 12.1 Å². The molecule has 0 saturated heterocycles. The van der Waals surface area contributed by atoms with E-state index < -0.39 is 11.7 Å². The molecule has 0 saturated carbocycles. The number of anilines is 2. The van der Waals surface area contributed by atoms with Crippen molar-refractivity contribution in [2.45, 2.75) is 0 Å². The van der Waals surface area contributed by atoms with Crippen molar-refractivity contribution in [3.8, 4) is 0 Å². The summed E-state index contributed by atoms with van der Waals surface area (Å²) >= 11 is 6.41. The molecule has 6 heteroatoms. The van der Waals surface area contributed by atoms with E-state index in [4.69, 9.17) is 5.73 Å². The van der Waals surface area contributed by atoms with Gasteiger partial charge in [0.1, 0.15) is 5.82 Å². The van der Waals surface area contributed by atoms with Gasteiger partial charge in [-0.1, -0.05) is 15.9 Å². The number of carbonyl (C=O) groups excluding carboxylic acids is 1. The maximum Gasteiger partial charge on any atom is 0.255 e. The van der Waals surface area contributed by atoms with E-state index in [0.29, 0.717) is 15.8 Å². The molecule has 1 amide bonds. The Kier molecular flexibility index (Phi) is 4.21. The minimum atomic E-state index is -0.477. The number of benzene rings is 2. The molecule has 0 bridgehead atoms. The van der Waals surface area contributed by atoms with Gasteiger partial charge in [0.25, 0.3) is 5.91 Å². The number of carbonyl (C=O) groups is 1. The highest BCUT2D eigenvalue weighted by atomic mass is 79.9. The molecule has 0 spiro atoms. The maximum atomic E-state index is 13.2. The van der Waals surface area contributed by atoms with Crippen LogP contribution in [0.25, 0.3) is 0 Å². The minimum Gasteiger partial charge on any atom is -0.398 e. The summed E-state index contributed by atoms with van der Waals surface area (Å²) in [7, 11) is 0. The van der Waals surface area contributed by atoms with Crippen LogP contribution in [0.4, 0.5) is 15.8 Å². The van der Waals surface area contributed by atoms with Gasteiger partial charge in [-0.2, -0.15) is 0 Å². The van der Waals surface area contributed by atoms with Crippen LogP contribution in [0, 0.1) is 5.82 Å². The van der Waals surface area contributed by atoms with Crippen LogP contribution in [0.5, 0.6) is 0 Å². The molecule has 0 aliphatic rings. The van der Waals surface area contributed by atoms with E-state index in [-0.39, 0.29) is 5.56 Å². The number of nitrogens with one attached hydrogen (secondary N) is 1. The number of halogens is 3. The molecule has 19 heavy (non-hydrogen) atoms. The second-order valence-electron chi connectivity index (χ2n) is 3.85. The van der Waals surface area contributed by atoms with Crippen LogP contribution in [-0.4, -0.2) is 5.91 Å². The molecule has 0 radical (unpaired) electrons. The average molecular weight is 388 g/mol. The van der Waals surface area contributed by atoms with Crippen LogP contribution in [0.3, 0.4) is 0 Å². The predicted molar refractivity (Wildman–Crippen MR) is 80.6 cm³/mol. The summed E-state index contributed by atoms with van der Waals surface area (Å²) in [4.78, 5) is 12.0. The summed E-state index contributed by atoms with van der Waals surface area (Å²) in [6.07, 6.45) is 0. The van der Waals surface area contributed by atoms with Crippen LogP contribution in [-0.2, 0) is 0 Å². The summed E-state index contributed by atoms with van der Waals surface area (Å²) in [6, 6.07) is 9.05. The van der Waals surface area contributed by atoms with Crippen molar-refractivity contribution in [2.75, 3.05) is 11.1 Å². The van der Waals surface area contributed by atoms with Crippen LogP contribution >= 0.6 is 31.9 Å². The second kappa shape index (κ2) is 5.71. The second-order valence-corrected chi connectivity index (χ2v) is 5.62. The Balaban J connectivity index is 2.22. The fraction of sp³-hybridized carbons (Fsp3) is 0. The summed E-state index contributed by atoms with van der Waals surface area (Å²) in [5.41, 5.74) is 7.01. The lowest BCUT2D eigenvalue weighted by Gasteiger charge is -2.07. The number of rotatable bonds is 2. The van der Waals surface area contributed by atoms with Gasteiger partial charge in [0.15, 0.2) is 0 Å². The van der Waals surface area contributed by atoms with Crippen molar-refractivity contribution in [2.24, 2.45) is 0 Å². The third-order valence-electron chi connectivity index (χ3n) is 2.38. The lowest BCUT2D eigenvalue weighted by atomic mass is 10.2. The van der Waals surface area contributed by atoms with E-state index in [1.54, 1.807) is 24.3 Å². The van der Waals surface area contributed by atoms with E-state index in [2.05, 4.69) is 37.2 Å². The predicted octanol–water partition coefficient (Wildman–Crippen LogP) is 4.19. The summed E-state index contributed by atoms with van der Waals surface area (Å²) < 4.78 is 14.5. The molecular formula is C13H9Br2FN2O. The molecule has 3 nitrogen and oxygen atoms in total. The summed E-state index contributed by atoms with van der Waals surface area (Å²) in [5.74, 6) is -0.878. The molecule has 2 aromatic carbocycles. The third kappa shape index (κ3) is 3.54. The smallest absolute Gasteiger partial charge is 0.255 e. The molecule has 0 aliphatic heterocycles. The average Bonchev–Trinajstić information content (AvgIpc) is 2.32. The van der Waals surface area contributed by atoms with Gasteiger partial charge in [-0.05, 0) is 52.3 Å². The minimum absolute atomic E-state index is 0.230. The Labute approximate surface area is 126 Å². The highest BCUT2D eigenvalue weighted by Crippen LogP contribution is 2.23. The highest BCUT2D eigenvalue weighted by molar-refractivity contribution is 9.10. The van der Waals surface area contributed by atoms with Gasteiger partial charge in [0.2, 0.25) is 0 Å². The van der Waals surface area contributed by atoms with Crippen LogP contribution in [0.2, 0.25) is 0 Å². The van der Waals surface area contributed by atoms with E-state index in [0.717, 1.165) is 4.47 Å². The molecule has 0 aromatic heterocycles. The molecule has 0 unspecified atom stereocenters. The Morgan fingerprint density at radius 2 is 1.89 bits per heavy atom. The molecule has 0 aliphatic carbocycles. The van der Waals surface area contributed by atoms with Crippen molar-refractivity contribution in [1.82, 2.24) is 0 Å². The first-order valence-corrected chi connectivity index (χ1v) is 6.87. The van der Waals surface area contributed by atoms with Gasteiger partial charge in [0, 0.05) is 25.9 Å². The normalized spacial score (nSPS) is 10.3.